The Hall–Kier alpha value is -2.45. The van der Waals surface area contributed by atoms with Crippen molar-refractivity contribution in [1.29, 1.82) is 0 Å². The summed E-state index contributed by atoms with van der Waals surface area (Å²) in [6, 6.07) is 8.62. The van der Waals surface area contributed by atoms with Gasteiger partial charge in [0, 0.05) is 17.5 Å². The first-order chi connectivity index (χ1) is 11.0. The standard InChI is InChI=1S/C15H10FN3O2S2/c16-10-5-3-9(4-6-10)13(20)18-19-14(21)12(23-15(19)22)8-11-2-1-7-17-11/h1-8,17H,(H,18,20)/b12-8-. The molecule has 1 aliphatic rings. The molecule has 2 heterocycles. The predicted molar refractivity (Wildman–Crippen MR) is 89.7 cm³/mol. The van der Waals surface area contributed by atoms with Crippen LogP contribution in [0.15, 0.2) is 47.5 Å². The Morgan fingerprint density at radius 3 is 2.70 bits per heavy atom. The summed E-state index contributed by atoms with van der Waals surface area (Å²) in [6.07, 6.45) is 3.40. The van der Waals surface area contributed by atoms with Gasteiger partial charge in [-0.25, -0.2) is 4.39 Å². The highest BCUT2D eigenvalue weighted by Gasteiger charge is 2.33. The van der Waals surface area contributed by atoms with Crippen molar-refractivity contribution in [2.75, 3.05) is 0 Å². The summed E-state index contributed by atoms with van der Waals surface area (Å²) in [4.78, 5) is 27.8. The molecule has 2 aromatic rings. The van der Waals surface area contributed by atoms with Gasteiger partial charge >= 0.3 is 0 Å². The van der Waals surface area contributed by atoms with Crippen molar-refractivity contribution in [3.8, 4) is 0 Å². The van der Waals surface area contributed by atoms with Gasteiger partial charge < -0.3 is 4.98 Å². The average molecular weight is 347 g/mol. The minimum absolute atomic E-state index is 0.225. The fraction of sp³-hybridized carbons (Fsp3) is 0. The number of rotatable bonds is 3. The molecule has 0 bridgehead atoms. The first-order valence-electron chi connectivity index (χ1n) is 6.52. The molecule has 1 aromatic carbocycles. The first-order valence-corrected chi connectivity index (χ1v) is 7.75. The van der Waals surface area contributed by atoms with Crippen LogP contribution in [0.4, 0.5) is 4.39 Å². The van der Waals surface area contributed by atoms with Gasteiger partial charge in [-0.15, -0.1) is 0 Å². The number of nitrogens with one attached hydrogen (secondary N) is 2. The van der Waals surface area contributed by atoms with E-state index in [2.05, 4.69) is 10.4 Å². The van der Waals surface area contributed by atoms with Gasteiger partial charge in [-0.1, -0.05) is 11.8 Å². The molecule has 23 heavy (non-hydrogen) atoms. The second-order valence-electron chi connectivity index (χ2n) is 4.59. The zero-order valence-electron chi connectivity index (χ0n) is 11.6. The fourth-order valence-corrected chi connectivity index (χ4v) is 3.08. The van der Waals surface area contributed by atoms with Crippen molar-refractivity contribution in [1.82, 2.24) is 15.4 Å². The van der Waals surface area contributed by atoms with E-state index in [-0.39, 0.29) is 9.88 Å². The quantitative estimate of drug-likeness (QED) is 0.662. The smallest absolute Gasteiger partial charge is 0.285 e. The molecule has 0 radical (unpaired) electrons. The number of amides is 2. The van der Waals surface area contributed by atoms with Crippen LogP contribution in [-0.4, -0.2) is 26.1 Å². The SMILES string of the molecule is O=C(NN1C(=O)/C(=C/c2ccc[nH]2)SC1=S)c1ccc(F)cc1. The lowest BCUT2D eigenvalue weighted by Crippen LogP contribution is -2.44. The number of hydrazine groups is 1. The van der Waals surface area contributed by atoms with Crippen molar-refractivity contribution >= 4 is 46.2 Å². The average Bonchev–Trinajstić information content (AvgIpc) is 3.12. The second kappa shape index (κ2) is 6.35. The molecule has 8 heteroatoms. The number of aromatic nitrogens is 1. The molecule has 1 saturated heterocycles. The summed E-state index contributed by atoms with van der Waals surface area (Å²) in [6.45, 7) is 0. The number of thioether (sulfide) groups is 1. The Morgan fingerprint density at radius 1 is 1.30 bits per heavy atom. The van der Waals surface area contributed by atoms with Crippen LogP contribution in [0.2, 0.25) is 0 Å². The molecule has 0 atom stereocenters. The maximum absolute atomic E-state index is 12.9. The molecule has 1 fully saturated rings. The lowest BCUT2D eigenvalue weighted by molar-refractivity contribution is -0.123. The zero-order valence-corrected chi connectivity index (χ0v) is 13.2. The van der Waals surface area contributed by atoms with Crippen LogP contribution in [0.3, 0.4) is 0 Å². The summed E-state index contributed by atoms with van der Waals surface area (Å²) in [5.41, 5.74) is 3.42. The molecular formula is C15H10FN3O2S2. The molecule has 5 nitrogen and oxygen atoms in total. The van der Waals surface area contributed by atoms with E-state index < -0.39 is 17.6 Å². The number of nitrogens with zero attached hydrogens (tertiary/aromatic N) is 1. The molecule has 0 aliphatic carbocycles. The normalized spacial score (nSPS) is 16.2. The van der Waals surface area contributed by atoms with Gasteiger partial charge in [0.25, 0.3) is 11.8 Å². The Balaban J connectivity index is 1.75. The van der Waals surface area contributed by atoms with Crippen molar-refractivity contribution in [3.05, 3.63) is 64.6 Å². The Kier molecular flexibility index (Phi) is 4.26. The Labute approximate surface area is 140 Å². The van der Waals surface area contributed by atoms with E-state index in [0.717, 1.165) is 22.5 Å². The second-order valence-corrected chi connectivity index (χ2v) is 6.27. The largest absolute Gasteiger partial charge is 0.362 e. The maximum atomic E-state index is 12.9. The van der Waals surface area contributed by atoms with Crippen molar-refractivity contribution < 1.29 is 14.0 Å². The molecule has 0 spiro atoms. The highest BCUT2D eigenvalue weighted by atomic mass is 32.2. The van der Waals surface area contributed by atoms with E-state index in [0.29, 0.717) is 4.91 Å². The molecule has 2 amide bonds. The van der Waals surface area contributed by atoms with Crippen LogP contribution >= 0.6 is 24.0 Å². The van der Waals surface area contributed by atoms with Crippen molar-refractivity contribution in [2.24, 2.45) is 0 Å². The summed E-state index contributed by atoms with van der Waals surface area (Å²) in [7, 11) is 0. The van der Waals surface area contributed by atoms with Gasteiger partial charge in [0.05, 0.1) is 4.91 Å². The molecule has 2 N–H and O–H groups in total. The topological polar surface area (TPSA) is 65.2 Å². The molecule has 1 aromatic heterocycles. The molecule has 0 saturated carbocycles. The van der Waals surface area contributed by atoms with E-state index in [1.54, 1.807) is 12.3 Å². The highest BCUT2D eigenvalue weighted by molar-refractivity contribution is 8.26. The van der Waals surface area contributed by atoms with Crippen LogP contribution in [0.1, 0.15) is 16.1 Å². The predicted octanol–water partition coefficient (Wildman–Crippen LogP) is 2.70. The molecule has 3 rings (SSSR count). The van der Waals surface area contributed by atoms with Crippen LogP contribution in [-0.2, 0) is 4.79 Å². The van der Waals surface area contributed by atoms with E-state index in [9.17, 15) is 14.0 Å². The third-order valence-electron chi connectivity index (χ3n) is 3.02. The highest BCUT2D eigenvalue weighted by Crippen LogP contribution is 2.31. The lowest BCUT2D eigenvalue weighted by atomic mass is 10.2. The number of aromatic amines is 1. The maximum Gasteiger partial charge on any atom is 0.285 e. The van der Waals surface area contributed by atoms with E-state index >= 15 is 0 Å². The van der Waals surface area contributed by atoms with Crippen LogP contribution in [0.25, 0.3) is 6.08 Å². The summed E-state index contributed by atoms with van der Waals surface area (Å²) < 4.78 is 13.1. The fourth-order valence-electron chi connectivity index (χ4n) is 1.91. The minimum atomic E-state index is -0.539. The van der Waals surface area contributed by atoms with Gasteiger partial charge in [-0.05, 0) is 54.7 Å². The molecule has 1 aliphatic heterocycles. The van der Waals surface area contributed by atoms with Crippen LogP contribution in [0, 0.1) is 5.82 Å². The number of H-pyrrole nitrogens is 1. The van der Waals surface area contributed by atoms with Crippen LogP contribution < -0.4 is 5.43 Å². The number of hydrogen-bond donors (Lipinski definition) is 2. The number of halogens is 1. The van der Waals surface area contributed by atoms with E-state index in [1.165, 1.54) is 24.3 Å². The molecule has 116 valence electrons. The van der Waals surface area contributed by atoms with E-state index in [4.69, 9.17) is 12.2 Å². The van der Waals surface area contributed by atoms with Gasteiger partial charge in [-0.3, -0.25) is 15.0 Å². The third kappa shape index (κ3) is 3.33. The third-order valence-corrected chi connectivity index (χ3v) is 4.32. The van der Waals surface area contributed by atoms with Gasteiger partial charge in [0.2, 0.25) is 0 Å². The molecule has 0 unspecified atom stereocenters. The van der Waals surface area contributed by atoms with Crippen LogP contribution in [0.5, 0.6) is 0 Å². The Morgan fingerprint density at radius 2 is 2.04 bits per heavy atom. The van der Waals surface area contributed by atoms with Crippen molar-refractivity contribution in [2.45, 2.75) is 0 Å². The summed E-state index contributed by atoms with van der Waals surface area (Å²) in [5.74, 6) is -1.39. The number of carbonyl (C=O) groups is 2. The van der Waals surface area contributed by atoms with Gasteiger partial charge in [0.15, 0.2) is 4.32 Å². The Bertz CT molecular complexity index is 801. The number of benzene rings is 1. The molecular weight excluding hydrogens is 337 g/mol. The van der Waals surface area contributed by atoms with E-state index in [1.807, 2.05) is 12.1 Å². The van der Waals surface area contributed by atoms with Gasteiger partial charge in [-0.2, -0.15) is 5.01 Å². The van der Waals surface area contributed by atoms with Gasteiger partial charge in [0.1, 0.15) is 5.82 Å². The zero-order chi connectivity index (χ0) is 16.4. The number of carbonyl (C=O) groups excluding carboxylic acids is 2. The summed E-state index contributed by atoms with van der Waals surface area (Å²) in [5, 5.41) is 1.01. The lowest BCUT2D eigenvalue weighted by Gasteiger charge is -2.15. The first kappa shape index (κ1) is 15.4. The number of thiocarbonyl (C=S) groups is 1. The summed E-state index contributed by atoms with van der Waals surface area (Å²) >= 11 is 6.22. The van der Waals surface area contributed by atoms with Crippen molar-refractivity contribution in [3.63, 3.8) is 0 Å². The minimum Gasteiger partial charge on any atom is -0.362 e. The monoisotopic (exact) mass is 347 g/mol. The number of hydrogen-bond acceptors (Lipinski definition) is 4.